The van der Waals surface area contributed by atoms with Crippen LogP contribution in [-0.4, -0.2) is 12.1 Å². The predicted octanol–water partition coefficient (Wildman–Crippen LogP) is 3.16. The Kier molecular flexibility index (Phi) is 4.31. The molecule has 2 rings (SSSR count). The highest BCUT2D eigenvalue weighted by molar-refractivity contribution is 7.80. The first-order valence-electron chi connectivity index (χ1n) is 5.76. The topological polar surface area (TPSA) is 21.3 Å². The summed E-state index contributed by atoms with van der Waals surface area (Å²) in [5, 5.41) is 3.24. The van der Waals surface area contributed by atoms with Crippen LogP contribution in [0.15, 0.2) is 54.6 Å². The van der Waals surface area contributed by atoms with Gasteiger partial charge in [-0.3, -0.25) is 0 Å². The first kappa shape index (κ1) is 12.6. The average molecular weight is 257 g/mol. The molecule has 1 N–H and O–H groups in total. The molecule has 18 heavy (non-hydrogen) atoms. The fourth-order valence-corrected chi connectivity index (χ4v) is 1.92. The van der Waals surface area contributed by atoms with Crippen LogP contribution in [0.5, 0.6) is 5.75 Å². The van der Waals surface area contributed by atoms with Gasteiger partial charge in [0.15, 0.2) is 0 Å². The van der Waals surface area contributed by atoms with Gasteiger partial charge in [0.1, 0.15) is 10.7 Å². The summed E-state index contributed by atoms with van der Waals surface area (Å²) in [4.78, 5) is 0.751. The summed E-state index contributed by atoms with van der Waals surface area (Å²) in [5.74, 6) is 0.876. The number of hydrogen-bond donors (Lipinski definition) is 1. The molecule has 2 aromatic rings. The predicted molar refractivity (Wildman–Crippen MR) is 78.0 cm³/mol. The zero-order chi connectivity index (χ0) is 12.8. The molecule has 3 heteroatoms. The normalized spacial score (nSPS) is 9.83. The van der Waals surface area contributed by atoms with Crippen molar-refractivity contribution in [3.8, 4) is 5.75 Å². The maximum atomic E-state index is 5.35. The molecule has 0 aliphatic carbocycles. The molecule has 0 saturated heterocycles. The van der Waals surface area contributed by atoms with Gasteiger partial charge < -0.3 is 10.1 Å². The van der Waals surface area contributed by atoms with E-state index in [0.717, 1.165) is 21.9 Å². The second-order valence-corrected chi connectivity index (χ2v) is 4.27. The molecule has 92 valence electrons. The standard InChI is InChI=1S/C15H15NOS/c1-17-14-10-6-5-9-13(14)11-16-15(18)12-7-3-2-4-8-12/h2-10H,11H2,1H3,(H,16,18). The summed E-state index contributed by atoms with van der Waals surface area (Å²) in [6.45, 7) is 0.664. The number of ether oxygens (including phenoxy) is 1. The van der Waals surface area contributed by atoms with Gasteiger partial charge >= 0.3 is 0 Å². The summed E-state index contributed by atoms with van der Waals surface area (Å²) in [5.41, 5.74) is 2.13. The van der Waals surface area contributed by atoms with Gasteiger partial charge in [0.25, 0.3) is 0 Å². The molecule has 0 atom stereocenters. The van der Waals surface area contributed by atoms with Gasteiger partial charge in [-0.2, -0.15) is 0 Å². The van der Waals surface area contributed by atoms with Gasteiger partial charge in [0.2, 0.25) is 0 Å². The Balaban J connectivity index is 2.02. The highest BCUT2D eigenvalue weighted by Gasteiger charge is 2.03. The van der Waals surface area contributed by atoms with Gasteiger partial charge in [-0.25, -0.2) is 0 Å². The molecular formula is C15H15NOS. The van der Waals surface area contributed by atoms with Crippen LogP contribution in [0.2, 0.25) is 0 Å². The minimum absolute atomic E-state index is 0.664. The van der Waals surface area contributed by atoms with Crippen LogP contribution in [0.3, 0.4) is 0 Å². The molecule has 0 aliphatic heterocycles. The van der Waals surface area contributed by atoms with E-state index in [1.807, 2.05) is 54.6 Å². The van der Waals surface area contributed by atoms with Crippen LogP contribution in [0, 0.1) is 0 Å². The molecule has 0 unspecified atom stereocenters. The van der Waals surface area contributed by atoms with Crippen molar-refractivity contribution in [1.82, 2.24) is 5.32 Å². The molecule has 0 bridgehead atoms. The lowest BCUT2D eigenvalue weighted by Gasteiger charge is -2.11. The first-order chi connectivity index (χ1) is 8.81. The Bertz CT molecular complexity index is 525. The summed E-state index contributed by atoms with van der Waals surface area (Å²) in [6, 6.07) is 17.9. The Morgan fingerprint density at radius 2 is 1.72 bits per heavy atom. The molecule has 0 spiro atoms. The summed E-state index contributed by atoms with van der Waals surface area (Å²) in [7, 11) is 1.67. The summed E-state index contributed by atoms with van der Waals surface area (Å²) >= 11 is 5.35. The fraction of sp³-hybridized carbons (Fsp3) is 0.133. The molecule has 0 amide bonds. The van der Waals surface area contributed by atoms with Crippen LogP contribution in [0.4, 0.5) is 0 Å². The van der Waals surface area contributed by atoms with Crippen molar-refractivity contribution in [2.75, 3.05) is 7.11 Å². The van der Waals surface area contributed by atoms with Crippen molar-refractivity contribution in [1.29, 1.82) is 0 Å². The van der Waals surface area contributed by atoms with Crippen molar-refractivity contribution < 1.29 is 4.74 Å². The molecule has 0 fully saturated rings. The fourth-order valence-electron chi connectivity index (χ4n) is 1.72. The van der Waals surface area contributed by atoms with E-state index in [1.165, 1.54) is 0 Å². The SMILES string of the molecule is COc1ccccc1CNC(=S)c1ccccc1. The molecule has 0 radical (unpaired) electrons. The van der Waals surface area contributed by atoms with Crippen LogP contribution < -0.4 is 10.1 Å². The lowest BCUT2D eigenvalue weighted by Crippen LogP contribution is -2.21. The smallest absolute Gasteiger partial charge is 0.123 e. The second-order valence-electron chi connectivity index (χ2n) is 3.86. The van der Waals surface area contributed by atoms with Crippen LogP contribution >= 0.6 is 12.2 Å². The molecule has 0 aliphatic rings. The maximum absolute atomic E-state index is 5.35. The molecule has 2 nitrogen and oxygen atoms in total. The maximum Gasteiger partial charge on any atom is 0.123 e. The minimum atomic E-state index is 0.664. The van der Waals surface area contributed by atoms with E-state index < -0.39 is 0 Å². The monoisotopic (exact) mass is 257 g/mol. The number of benzene rings is 2. The number of rotatable bonds is 4. The van der Waals surface area contributed by atoms with Crippen molar-refractivity contribution in [3.05, 3.63) is 65.7 Å². The lowest BCUT2D eigenvalue weighted by molar-refractivity contribution is 0.409. The average Bonchev–Trinajstić information content (AvgIpc) is 2.46. The van der Waals surface area contributed by atoms with E-state index >= 15 is 0 Å². The molecule has 0 saturated carbocycles. The van der Waals surface area contributed by atoms with E-state index in [0.29, 0.717) is 6.54 Å². The molecule has 2 aromatic carbocycles. The summed E-state index contributed by atoms with van der Waals surface area (Å²) in [6.07, 6.45) is 0. The highest BCUT2D eigenvalue weighted by Crippen LogP contribution is 2.16. The van der Waals surface area contributed by atoms with Crippen LogP contribution in [0.25, 0.3) is 0 Å². The van der Waals surface area contributed by atoms with Gasteiger partial charge in [-0.1, -0.05) is 60.7 Å². The Morgan fingerprint density at radius 1 is 1.06 bits per heavy atom. The van der Waals surface area contributed by atoms with Gasteiger partial charge in [-0.15, -0.1) is 0 Å². The van der Waals surface area contributed by atoms with Crippen molar-refractivity contribution >= 4 is 17.2 Å². The van der Waals surface area contributed by atoms with E-state index in [1.54, 1.807) is 7.11 Å². The first-order valence-corrected chi connectivity index (χ1v) is 6.17. The van der Waals surface area contributed by atoms with Gasteiger partial charge in [0.05, 0.1) is 7.11 Å². The van der Waals surface area contributed by atoms with E-state index in [4.69, 9.17) is 17.0 Å². The Morgan fingerprint density at radius 3 is 2.44 bits per heavy atom. The third-order valence-corrected chi connectivity index (χ3v) is 3.05. The molecule has 0 heterocycles. The largest absolute Gasteiger partial charge is 0.496 e. The lowest BCUT2D eigenvalue weighted by atomic mass is 10.2. The van der Waals surface area contributed by atoms with Gasteiger partial charge in [-0.05, 0) is 6.07 Å². The third-order valence-electron chi connectivity index (χ3n) is 2.67. The Labute approximate surface area is 113 Å². The number of hydrogen-bond acceptors (Lipinski definition) is 2. The van der Waals surface area contributed by atoms with E-state index in [2.05, 4.69) is 5.32 Å². The van der Waals surface area contributed by atoms with Gasteiger partial charge in [0, 0.05) is 17.7 Å². The van der Waals surface area contributed by atoms with E-state index in [-0.39, 0.29) is 0 Å². The zero-order valence-electron chi connectivity index (χ0n) is 10.2. The zero-order valence-corrected chi connectivity index (χ0v) is 11.0. The Hall–Kier alpha value is -1.87. The number of para-hydroxylation sites is 1. The van der Waals surface area contributed by atoms with Crippen molar-refractivity contribution in [2.24, 2.45) is 0 Å². The number of thiocarbonyl (C=S) groups is 1. The second kappa shape index (κ2) is 6.17. The number of methoxy groups -OCH3 is 1. The van der Waals surface area contributed by atoms with Crippen LogP contribution in [-0.2, 0) is 6.54 Å². The van der Waals surface area contributed by atoms with Crippen molar-refractivity contribution in [3.63, 3.8) is 0 Å². The molecular weight excluding hydrogens is 242 g/mol. The summed E-state index contributed by atoms with van der Waals surface area (Å²) < 4.78 is 5.30. The highest BCUT2D eigenvalue weighted by atomic mass is 32.1. The third kappa shape index (κ3) is 3.08. The quantitative estimate of drug-likeness (QED) is 0.850. The minimum Gasteiger partial charge on any atom is -0.496 e. The van der Waals surface area contributed by atoms with Crippen molar-refractivity contribution in [2.45, 2.75) is 6.54 Å². The molecule has 0 aromatic heterocycles. The number of nitrogens with one attached hydrogen (secondary N) is 1. The van der Waals surface area contributed by atoms with E-state index in [9.17, 15) is 0 Å². The van der Waals surface area contributed by atoms with Crippen LogP contribution in [0.1, 0.15) is 11.1 Å².